The van der Waals surface area contributed by atoms with Crippen LogP contribution in [0.2, 0.25) is 0 Å². The second kappa shape index (κ2) is 6.64. The number of hydrogen-bond acceptors (Lipinski definition) is 3. The summed E-state index contributed by atoms with van der Waals surface area (Å²) in [5.41, 5.74) is 6.68. The molecule has 0 aliphatic heterocycles. The van der Waals surface area contributed by atoms with Crippen LogP contribution in [-0.4, -0.2) is 9.97 Å². The van der Waals surface area contributed by atoms with Crippen LogP contribution in [0.4, 0.5) is 0 Å². The topological polar surface area (TPSA) is 25.8 Å². The quantitative estimate of drug-likeness (QED) is 0.645. The second-order valence-corrected chi connectivity index (χ2v) is 5.94. The van der Waals surface area contributed by atoms with Gasteiger partial charge in [0.1, 0.15) is 0 Å². The van der Waals surface area contributed by atoms with Gasteiger partial charge in [-0.05, 0) is 24.5 Å². The zero-order valence-corrected chi connectivity index (χ0v) is 12.9. The first-order chi connectivity index (χ1) is 10.4. The Morgan fingerprint density at radius 2 is 1.90 bits per heavy atom. The molecule has 0 saturated heterocycles. The molecule has 2 aromatic heterocycles. The Labute approximate surface area is 129 Å². The molecule has 3 heteroatoms. The highest BCUT2D eigenvalue weighted by molar-refractivity contribution is 7.13. The fourth-order valence-electron chi connectivity index (χ4n) is 2.39. The summed E-state index contributed by atoms with van der Waals surface area (Å²) in [7, 11) is 0. The second-order valence-electron chi connectivity index (χ2n) is 5.06. The average molecular weight is 294 g/mol. The minimum Gasteiger partial charge on any atom is -0.261 e. The normalized spacial score (nSPS) is 10.7. The Bertz CT molecular complexity index is 691. The maximum atomic E-state index is 4.65. The minimum atomic E-state index is 1.04. The predicted molar refractivity (Wildman–Crippen MR) is 89.4 cm³/mol. The summed E-state index contributed by atoms with van der Waals surface area (Å²) >= 11 is 1.68. The van der Waals surface area contributed by atoms with Gasteiger partial charge in [0.2, 0.25) is 0 Å². The van der Waals surface area contributed by atoms with Crippen molar-refractivity contribution in [1.29, 1.82) is 0 Å². The maximum absolute atomic E-state index is 4.65. The fraction of sp³-hybridized carbons (Fsp3) is 0.222. The van der Waals surface area contributed by atoms with Crippen molar-refractivity contribution in [1.82, 2.24) is 9.97 Å². The van der Waals surface area contributed by atoms with E-state index in [1.165, 1.54) is 40.1 Å². The van der Waals surface area contributed by atoms with Gasteiger partial charge in [0.05, 0.1) is 10.4 Å². The molecule has 0 bridgehead atoms. The highest BCUT2D eigenvalue weighted by Crippen LogP contribution is 2.34. The van der Waals surface area contributed by atoms with Gasteiger partial charge in [-0.2, -0.15) is 0 Å². The van der Waals surface area contributed by atoms with E-state index in [0.29, 0.717) is 0 Å². The lowest BCUT2D eigenvalue weighted by atomic mass is 9.99. The number of thiazole rings is 1. The number of hydrogen-bond donors (Lipinski definition) is 0. The molecule has 0 saturated carbocycles. The molecule has 0 N–H and O–H groups in total. The highest BCUT2D eigenvalue weighted by Gasteiger charge is 2.10. The van der Waals surface area contributed by atoms with Crippen molar-refractivity contribution in [2.45, 2.75) is 26.2 Å². The van der Waals surface area contributed by atoms with Crippen LogP contribution in [0.1, 0.15) is 25.5 Å². The summed E-state index contributed by atoms with van der Waals surface area (Å²) in [5.74, 6) is 0. The van der Waals surface area contributed by atoms with Gasteiger partial charge in [-0.1, -0.05) is 43.7 Å². The van der Waals surface area contributed by atoms with Gasteiger partial charge in [-0.25, -0.2) is 0 Å². The SMILES string of the molecule is CCCCc1cc(-c2cncs2)c(-c2ccccc2)cn1. The molecule has 2 heterocycles. The highest BCUT2D eigenvalue weighted by atomic mass is 32.1. The van der Waals surface area contributed by atoms with Crippen molar-refractivity contribution in [3.8, 4) is 21.6 Å². The zero-order chi connectivity index (χ0) is 14.5. The Morgan fingerprint density at radius 3 is 2.62 bits per heavy atom. The molecule has 0 fully saturated rings. The van der Waals surface area contributed by atoms with Gasteiger partial charge in [0.25, 0.3) is 0 Å². The smallest absolute Gasteiger partial charge is 0.0797 e. The third kappa shape index (κ3) is 3.19. The van der Waals surface area contributed by atoms with Crippen LogP contribution in [0.5, 0.6) is 0 Å². The van der Waals surface area contributed by atoms with E-state index in [2.05, 4.69) is 47.2 Å². The van der Waals surface area contributed by atoms with Crippen LogP contribution < -0.4 is 0 Å². The Balaban J connectivity index is 2.07. The first-order valence-electron chi connectivity index (χ1n) is 7.31. The molecule has 0 aliphatic carbocycles. The fourth-order valence-corrected chi connectivity index (χ4v) is 3.05. The predicted octanol–water partition coefficient (Wildman–Crippen LogP) is 5.21. The minimum absolute atomic E-state index is 1.04. The number of benzene rings is 1. The number of aromatic nitrogens is 2. The van der Waals surface area contributed by atoms with Crippen LogP contribution in [0.3, 0.4) is 0 Å². The Morgan fingerprint density at radius 1 is 1.05 bits per heavy atom. The van der Waals surface area contributed by atoms with Crippen molar-refractivity contribution >= 4 is 11.3 Å². The average Bonchev–Trinajstić information content (AvgIpc) is 3.08. The molecule has 0 radical (unpaired) electrons. The van der Waals surface area contributed by atoms with Crippen molar-refractivity contribution in [2.24, 2.45) is 0 Å². The van der Waals surface area contributed by atoms with Crippen molar-refractivity contribution in [3.63, 3.8) is 0 Å². The molecule has 3 rings (SSSR count). The summed E-state index contributed by atoms with van der Waals surface area (Å²) in [5, 5.41) is 0. The van der Waals surface area contributed by atoms with Gasteiger partial charge in [-0.15, -0.1) is 11.3 Å². The lowest BCUT2D eigenvalue weighted by Crippen LogP contribution is -1.93. The molecule has 2 nitrogen and oxygen atoms in total. The largest absolute Gasteiger partial charge is 0.261 e. The number of nitrogens with zero attached hydrogens (tertiary/aromatic N) is 2. The summed E-state index contributed by atoms with van der Waals surface area (Å²) in [6.45, 7) is 2.21. The van der Waals surface area contributed by atoms with Crippen LogP contribution >= 0.6 is 11.3 Å². The van der Waals surface area contributed by atoms with E-state index in [9.17, 15) is 0 Å². The van der Waals surface area contributed by atoms with Crippen LogP contribution in [-0.2, 0) is 6.42 Å². The molecule has 3 aromatic rings. The lowest BCUT2D eigenvalue weighted by molar-refractivity contribution is 0.777. The number of pyridine rings is 1. The van der Waals surface area contributed by atoms with E-state index in [1.54, 1.807) is 11.3 Å². The van der Waals surface area contributed by atoms with Gasteiger partial charge >= 0.3 is 0 Å². The van der Waals surface area contributed by atoms with Crippen LogP contribution in [0.15, 0.2) is 54.3 Å². The van der Waals surface area contributed by atoms with E-state index in [-0.39, 0.29) is 0 Å². The van der Waals surface area contributed by atoms with E-state index in [4.69, 9.17) is 0 Å². The third-order valence-electron chi connectivity index (χ3n) is 3.53. The van der Waals surface area contributed by atoms with Crippen LogP contribution in [0.25, 0.3) is 21.6 Å². The molecule has 0 amide bonds. The lowest BCUT2D eigenvalue weighted by Gasteiger charge is -2.10. The molecular formula is C18H18N2S. The van der Waals surface area contributed by atoms with E-state index in [0.717, 1.165) is 6.42 Å². The molecule has 1 aromatic carbocycles. The molecule has 0 atom stereocenters. The Hall–Kier alpha value is -2.00. The first kappa shape index (κ1) is 14.0. The Kier molecular flexibility index (Phi) is 4.41. The number of rotatable bonds is 5. The first-order valence-corrected chi connectivity index (χ1v) is 8.19. The number of unbranched alkanes of at least 4 members (excludes halogenated alkanes) is 1. The standard InChI is InChI=1S/C18H18N2S/c1-2-3-9-15-10-16(18-12-19-13-21-18)17(11-20-15)14-7-5-4-6-8-14/h4-8,10-13H,2-3,9H2,1H3. The monoisotopic (exact) mass is 294 g/mol. The van der Waals surface area contributed by atoms with Crippen molar-refractivity contribution in [3.05, 3.63) is 60.0 Å². The number of aryl methyl sites for hydroxylation is 1. The van der Waals surface area contributed by atoms with Crippen molar-refractivity contribution in [2.75, 3.05) is 0 Å². The molecule has 0 unspecified atom stereocenters. The molecule has 106 valence electrons. The summed E-state index contributed by atoms with van der Waals surface area (Å²) in [4.78, 5) is 10.1. The van der Waals surface area contributed by atoms with E-state index < -0.39 is 0 Å². The zero-order valence-electron chi connectivity index (χ0n) is 12.1. The van der Waals surface area contributed by atoms with Crippen molar-refractivity contribution < 1.29 is 0 Å². The molecule has 0 spiro atoms. The molecule has 0 aliphatic rings. The van der Waals surface area contributed by atoms with Crippen LogP contribution in [0, 0.1) is 0 Å². The third-order valence-corrected chi connectivity index (χ3v) is 4.34. The maximum Gasteiger partial charge on any atom is 0.0797 e. The summed E-state index contributed by atoms with van der Waals surface area (Å²) < 4.78 is 0. The summed E-state index contributed by atoms with van der Waals surface area (Å²) in [6.07, 6.45) is 7.36. The van der Waals surface area contributed by atoms with Gasteiger partial charge in [-0.3, -0.25) is 9.97 Å². The molecular weight excluding hydrogens is 276 g/mol. The molecule has 21 heavy (non-hydrogen) atoms. The summed E-state index contributed by atoms with van der Waals surface area (Å²) in [6, 6.07) is 12.7. The van der Waals surface area contributed by atoms with E-state index >= 15 is 0 Å². The van der Waals surface area contributed by atoms with Gasteiger partial charge in [0, 0.05) is 29.2 Å². The van der Waals surface area contributed by atoms with Gasteiger partial charge < -0.3 is 0 Å². The van der Waals surface area contributed by atoms with Gasteiger partial charge in [0.15, 0.2) is 0 Å². The van der Waals surface area contributed by atoms with E-state index in [1.807, 2.05) is 24.0 Å².